The normalized spacial score (nSPS) is 12.7. The van der Waals surface area contributed by atoms with Crippen LogP contribution >= 0.6 is 0 Å². The highest BCUT2D eigenvalue weighted by Gasteiger charge is 2.27. The molecule has 7 rings (SSSR count). The number of aryl methyl sites for hydroxylation is 5. The van der Waals surface area contributed by atoms with Crippen LogP contribution < -0.4 is 47.9 Å². The van der Waals surface area contributed by atoms with Crippen LogP contribution in [-0.2, 0) is 82.1 Å². The van der Waals surface area contributed by atoms with Crippen LogP contribution in [0.2, 0.25) is 0 Å². The third kappa shape index (κ3) is 22.8. The van der Waals surface area contributed by atoms with E-state index < -0.39 is 23.6 Å². The molecule has 1 aliphatic heterocycles. The second-order valence-corrected chi connectivity index (χ2v) is 21.8. The molecule has 7 amide bonds. The lowest BCUT2D eigenvalue weighted by Crippen LogP contribution is -2.40. The number of aromatic nitrogens is 5. The Kier molecular flexibility index (Phi) is 28.7. The van der Waals surface area contributed by atoms with Crippen LogP contribution in [0.4, 0.5) is 28.6 Å². The molecule has 0 saturated carbocycles. The molecule has 5 heterocycles. The second-order valence-electron chi connectivity index (χ2n) is 21.8. The number of benzene rings is 2. The fourth-order valence-corrected chi connectivity index (χ4v) is 9.97. The summed E-state index contributed by atoms with van der Waals surface area (Å²) in [5, 5.41) is 26.5. The van der Waals surface area contributed by atoms with Gasteiger partial charge < -0.3 is 104 Å². The largest absolute Gasteiger partial charge is 0.377 e. The predicted octanol–water partition coefficient (Wildman–Crippen LogP) is 3.65. The zero-order chi connectivity index (χ0) is 67.4. The Morgan fingerprint density at radius 2 is 0.926 bits per heavy atom. The van der Waals surface area contributed by atoms with Crippen LogP contribution in [-0.4, -0.2) is 202 Å². The molecular weight excluding hydrogens is 1220 g/mol. The maximum atomic E-state index is 13.3. The molecule has 30 heteroatoms. The Morgan fingerprint density at radius 3 is 1.40 bits per heavy atom. The number of guanidine groups is 1. The molecule has 508 valence electrons. The minimum absolute atomic E-state index is 0.00561. The van der Waals surface area contributed by atoms with E-state index in [0.717, 1.165) is 35.2 Å². The Balaban J connectivity index is 0.613. The van der Waals surface area contributed by atoms with E-state index in [1.165, 1.54) is 27.5 Å². The van der Waals surface area contributed by atoms with Crippen LogP contribution in [0.1, 0.15) is 84.7 Å². The van der Waals surface area contributed by atoms with E-state index >= 15 is 0 Å². The van der Waals surface area contributed by atoms with Gasteiger partial charge in [-0.15, -0.1) is 0 Å². The molecule has 0 saturated heterocycles. The van der Waals surface area contributed by atoms with E-state index in [0.29, 0.717) is 134 Å². The summed E-state index contributed by atoms with van der Waals surface area (Å²) in [6.45, 7) is 10.5. The summed E-state index contributed by atoms with van der Waals surface area (Å²) in [5.41, 5.74) is 12.0. The third-order valence-electron chi connectivity index (χ3n) is 14.6. The maximum Gasteiger partial charge on any atom is 0.291 e. The number of nitrogens with one attached hydrogen (secondary N) is 8. The van der Waals surface area contributed by atoms with Gasteiger partial charge in [-0.05, 0) is 78.9 Å². The molecule has 0 aliphatic carbocycles. The average Bonchev–Trinajstić information content (AvgIpc) is 1.41. The Labute approximate surface area is 545 Å². The molecule has 0 spiro atoms. The molecule has 1 aliphatic rings. The van der Waals surface area contributed by atoms with Crippen molar-refractivity contribution in [2.24, 2.45) is 33.9 Å². The van der Waals surface area contributed by atoms with Crippen molar-refractivity contribution < 1.29 is 71.5 Å². The van der Waals surface area contributed by atoms with Crippen LogP contribution in [0.3, 0.4) is 0 Å². The smallest absolute Gasteiger partial charge is 0.291 e. The summed E-state index contributed by atoms with van der Waals surface area (Å²) < 4.78 is 50.6. The zero-order valence-corrected chi connectivity index (χ0v) is 54.1. The van der Waals surface area contributed by atoms with Gasteiger partial charge in [-0.25, -0.2) is 4.98 Å². The summed E-state index contributed by atoms with van der Waals surface area (Å²) in [5.74, 6) is -2.47. The lowest BCUT2D eigenvalue weighted by molar-refractivity contribution is -0.117. The van der Waals surface area contributed by atoms with Gasteiger partial charge in [-0.2, -0.15) is 0 Å². The highest BCUT2D eigenvalue weighted by atomic mass is 16.6. The van der Waals surface area contributed by atoms with E-state index in [9.17, 15) is 33.6 Å². The average molecular weight is 1310 g/mol. The van der Waals surface area contributed by atoms with Crippen molar-refractivity contribution in [3.05, 3.63) is 119 Å². The molecule has 0 unspecified atom stereocenters. The van der Waals surface area contributed by atoms with Gasteiger partial charge >= 0.3 is 0 Å². The highest BCUT2D eigenvalue weighted by molar-refractivity contribution is 6.06. The molecular formula is C64H87N15O15. The summed E-state index contributed by atoms with van der Waals surface area (Å²) >= 11 is 0. The lowest BCUT2D eigenvalue weighted by atomic mass is 9.93. The van der Waals surface area contributed by atoms with E-state index in [4.69, 9.17) is 49.0 Å². The van der Waals surface area contributed by atoms with Crippen molar-refractivity contribution in [3.8, 4) is 11.1 Å². The van der Waals surface area contributed by atoms with Crippen LogP contribution in [0, 0.1) is 5.41 Å². The van der Waals surface area contributed by atoms with Crippen molar-refractivity contribution in [1.82, 2.24) is 39.2 Å². The lowest BCUT2D eigenvalue weighted by Gasteiger charge is -2.34. The van der Waals surface area contributed by atoms with E-state index in [1.807, 2.05) is 41.3 Å². The monoisotopic (exact) mass is 1310 g/mol. The minimum atomic E-state index is -0.552. The molecule has 0 bridgehead atoms. The zero-order valence-electron chi connectivity index (χ0n) is 54.1. The molecule has 1 atom stereocenters. The molecule has 10 N–H and O–H groups in total. The first-order valence-electron chi connectivity index (χ1n) is 30.9. The van der Waals surface area contributed by atoms with E-state index in [1.54, 1.807) is 68.9 Å². The van der Waals surface area contributed by atoms with Gasteiger partial charge in [0.1, 0.15) is 17.1 Å². The summed E-state index contributed by atoms with van der Waals surface area (Å²) in [7, 11) is 6.56. The fraction of sp³-hybridized carbons (Fsp3) is 0.453. The number of hydrogen-bond donors (Lipinski definition) is 9. The Morgan fingerprint density at radius 1 is 0.500 bits per heavy atom. The fourth-order valence-electron chi connectivity index (χ4n) is 9.97. The number of amides is 7. The molecule has 0 radical (unpaired) electrons. The van der Waals surface area contributed by atoms with Gasteiger partial charge in [0, 0.05) is 103 Å². The summed E-state index contributed by atoms with van der Waals surface area (Å²) in [6, 6.07) is 18.4. The van der Waals surface area contributed by atoms with Crippen LogP contribution in [0.15, 0.2) is 85.5 Å². The molecule has 2 aromatic carbocycles. The number of nitrogens with zero attached hydrogens (tertiary/aromatic N) is 6. The van der Waals surface area contributed by atoms with Crippen molar-refractivity contribution in [1.29, 1.82) is 5.41 Å². The van der Waals surface area contributed by atoms with Crippen molar-refractivity contribution in [2.45, 2.75) is 39.2 Å². The van der Waals surface area contributed by atoms with Gasteiger partial charge in [0.05, 0.1) is 123 Å². The first-order valence-corrected chi connectivity index (χ1v) is 30.9. The predicted molar refractivity (Wildman–Crippen MR) is 351 cm³/mol. The van der Waals surface area contributed by atoms with Crippen molar-refractivity contribution >= 4 is 75.9 Å². The summed E-state index contributed by atoms with van der Waals surface area (Å²) in [6.07, 6.45) is 7.99. The minimum Gasteiger partial charge on any atom is -0.377 e. The number of nitrogens with two attached hydrogens (primary N) is 1. The van der Waals surface area contributed by atoms with E-state index in [2.05, 4.69) is 55.2 Å². The molecule has 30 nitrogen and oxygen atoms in total. The number of carbonyl (C=O) groups excluding carboxylic acids is 7. The maximum absolute atomic E-state index is 13.3. The number of imidazole rings is 1. The molecule has 4 aromatic heterocycles. The number of fused-ring (bicyclic) bond motifs is 1. The Hall–Kier alpha value is -9.27. The highest BCUT2D eigenvalue weighted by Crippen LogP contribution is 2.34. The second kappa shape index (κ2) is 37.4. The van der Waals surface area contributed by atoms with Crippen molar-refractivity contribution in [2.75, 3.05) is 152 Å². The number of anilines is 5. The quantitative estimate of drug-likeness (QED) is 0.0151. The molecule has 6 aromatic rings. The van der Waals surface area contributed by atoms with Crippen molar-refractivity contribution in [3.63, 3.8) is 0 Å². The first-order chi connectivity index (χ1) is 45.3. The SMILES string of the molecule is CC(=O)N1c2ccc(-c3ccc(C(=O)NCCOCCOCCOCCOCCOCCOCCOCCOCCNC(=O)c4cc(NC(=O)c5cc(NC(=O)CCNC(=O)c6cc(NC(=O)c7nc(NC(=N)N)cn7C)cn6C)cn5C)cn4C)cc3)cc2CC[C@@H]1C. The van der Waals surface area contributed by atoms with E-state index in [-0.39, 0.29) is 78.9 Å². The standard InChI is InChI=1S/C64H87N15O15/c1-43-7-8-48-35-47(13-14-52(48)79(43)44(2)80)45-9-11-46(12-10-45)59(82)68-17-19-87-21-23-89-25-27-91-29-31-93-33-34-94-32-30-92-28-26-90-24-22-88-20-18-69-61(84)54-37-50(40-75(54)3)71-62(85)55-36-49(39-77(55)5)70-57(81)15-16-67-60(83)53-38-51(41-76(53)4)72-63(86)58-73-56(42-78(58)6)74-64(65)66/h9-14,35-43H,7-8,15-34H2,1-6H3,(H,67,83)(H,68,82)(H,69,84)(H,70,81)(H,71,85)(H,72,86)(H4,65,66,74)/t43-/m0/s1. The number of rotatable bonds is 40. The first kappa shape index (κ1) is 72.2. The summed E-state index contributed by atoms with van der Waals surface area (Å²) in [4.78, 5) is 95.8. The van der Waals surface area contributed by atoms with Gasteiger partial charge in [-0.3, -0.25) is 39.0 Å². The molecule has 94 heavy (non-hydrogen) atoms. The van der Waals surface area contributed by atoms with Gasteiger partial charge in [0.2, 0.25) is 17.6 Å². The van der Waals surface area contributed by atoms with Gasteiger partial charge in [0.25, 0.3) is 29.5 Å². The third-order valence-corrected chi connectivity index (χ3v) is 14.6. The molecule has 0 fully saturated rings. The topological polar surface area (TPSA) is 363 Å². The number of hydrogen-bond acceptors (Lipinski definition) is 17. The van der Waals surface area contributed by atoms with Crippen LogP contribution in [0.5, 0.6) is 0 Å². The number of carbonyl (C=O) groups is 7. The number of ether oxygens (including phenoxy) is 8. The van der Waals surface area contributed by atoms with Crippen LogP contribution in [0.25, 0.3) is 11.1 Å². The van der Waals surface area contributed by atoms with Gasteiger partial charge in [0.15, 0.2) is 11.8 Å². The Bertz CT molecular complexity index is 3500. The van der Waals surface area contributed by atoms with Gasteiger partial charge in [-0.1, -0.05) is 18.2 Å².